The molecule has 1 rings (SSSR count). The van der Waals surface area contributed by atoms with Crippen molar-refractivity contribution < 1.29 is 0 Å². The first-order chi connectivity index (χ1) is 5.15. The van der Waals surface area contributed by atoms with Crippen LogP contribution in [0.15, 0.2) is 0 Å². The molecule has 1 aliphatic heterocycles. The highest BCUT2D eigenvalue weighted by Crippen LogP contribution is 2.28. The Hall–Kier alpha value is -0.0400. The van der Waals surface area contributed by atoms with Crippen LogP contribution in [-0.2, 0) is 0 Å². The molecule has 0 spiro atoms. The number of rotatable bonds is 2. The summed E-state index contributed by atoms with van der Waals surface area (Å²) in [5.74, 6) is 1.76. The molecule has 0 aromatic carbocycles. The highest BCUT2D eigenvalue weighted by Gasteiger charge is 2.31. The Balaban J connectivity index is 2.50. The molecule has 66 valence electrons. The van der Waals surface area contributed by atoms with E-state index in [1.165, 1.54) is 12.8 Å². The molecule has 1 heterocycles. The molecule has 0 bridgehead atoms. The van der Waals surface area contributed by atoms with Gasteiger partial charge in [0.05, 0.1) is 0 Å². The van der Waals surface area contributed by atoms with Crippen molar-refractivity contribution in [2.45, 2.75) is 52.6 Å². The van der Waals surface area contributed by atoms with E-state index in [1.54, 1.807) is 0 Å². The largest absolute Gasteiger partial charge is 0.311 e. The smallest absolute Gasteiger partial charge is 0.00981 e. The SMILES string of the molecule is CCC1NC(C)CC1C(C)C. The van der Waals surface area contributed by atoms with Gasteiger partial charge in [-0.3, -0.25) is 0 Å². The minimum Gasteiger partial charge on any atom is -0.311 e. The Morgan fingerprint density at radius 1 is 1.45 bits per heavy atom. The maximum absolute atomic E-state index is 3.63. The van der Waals surface area contributed by atoms with Crippen molar-refractivity contribution in [2.75, 3.05) is 0 Å². The molecule has 0 aromatic heterocycles. The molecule has 0 saturated carbocycles. The Bertz CT molecular complexity index is 120. The van der Waals surface area contributed by atoms with Crippen LogP contribution in [0.1, 0.15) is 40.5 Å². The van der Waals surface area contributed by atoms with Crippen LogP contribution >= 0.6 is 0 Å². The molecule has 1 N–H and O–H groups in total. The first kappa shape index (κ1) is 9.05. The zero-order chi connectivity index (χ0) is 8.43. The summed E-state index contributed by atoms with van der Waals surface area (Å²) in [7, 11) is 0. The summed E-state index contributed by atoms with van der Waals surface area (Å²) < 4.78 is 0. The lowest BCUT2D eigenvalue weighted by molar-refractivity contribution is 0.335. The summed E-state index contributed by atoms with van der Waals surface area (Å²) in [6.07, 6.45) is 2.66. The molecule has 3 unspecified atom stereocenters. The second-order valence-corrected chi connectivity index (χ2v) is 4.23. The molecule has 3 atom stereocenters. The summed E-state index contributed by atoms with van der Waals surface area (Å²) in [5.41, 5.74) is 0. The molecule has 0 radical (unpaired) electrons. The third kappa shape index (κ3) is 1.96. The average molecular weight is 155 g/mol. The quantitative estimate of drug-likeness (QED) is 0.645. The molecule has 0 aliphatic carbocycles. The van der Waals surface area contributed by atoms with Gasteiger partial charge in [0.15, 0.2) is 0 Å². The van der Waals surface area contributed by atoms with Gasteiger partial charge in [-0.2, -0.15) is 0 Å². The van der Waals surface area contributed by atoms with Crippen molar-refractivity contribution in [3.8, 4) is 0 Å². The van der Waals surface area contributed by atoms with Crippen LogP contribution in [0.3, 0.4) is 0 Å². The van der Waals surface area contributed by atoms with E-state index in [1.807, 2.05) is 0 Å². The fourth-order valence-corrected chi connectivity index (χ4v) is 2.29. The molecule has 1 aliphatic rings. The van der Waals surface area contributed by atoms with Gasteiger partial charge in [-0.1, -0.05) is 20.8 Å². The topological polar surface area (TPSA) is 12.0 Å². The van der Waals surface area contributed by atoms with Gasteiger partial charge in [0.25, 0.3) is 0 Å². The lowest BCUT2D eigenvalue weighted by Gasteiger charge is -2.20. The fourth-order valence-electron chi connectivity index (χ4n) is 2.29. The van der Waals surface area contributed by atoms with Crippen molar-refractivity contribution in [3.05, 3.63) is 0 Å². The van der Waals surface area contributed by atoms with Crippen molar-refractivity contribution in [1.29, 1.82) is 0 Å². The van der Waals surface area contributed by atoms with E-state index in [-0.39, 0.29) is 0 Å². The molecule has 1 nitrogen and oxygen atoms in total. The molecule has 1 fully saturated rings. The molecule has 0 aromatic rings. The van der Waals surface area contributed by atoms with E-state index >= 15 is 0 Å². The van der Waals surface area contributed by atoms with E-state index in [2.05, 4.69) is 33.0 Å². The summed E-state index contributed by atoms with van der Waals surface area (Å²) >= 11 is 0. The molecule has 1 heteroatoms. The summed E-state index contributed by atoms with van der Waals surface area (Å²) in [6, 6.07) is 1.53. The van der Waals surface area contributed by atoms with Crippen LogP contribution in [-0.4, -0.2) is 12.1 Å². The Labute approximate surface area is 70.6 Å². The maximum Gasteiger partial charge on any atom is 0.00981 e. The number of nitrogens with one attached hydrogen (secondary N) is 1. The van der Waals surface area contributed by atoms with Gasteiger partial charge in [-0.25, -0.2) is 0 Å². The van der Waals surface area contributed by atoms with E-state index in [0.717, 1.165) is 23.9 Å². The van der Waals surface area contributed by atoms with Crippen LogP contribution in [0.2, 0.25) is 0 Å². The van der Waals surface area contributed by atoms with Crippen LogP contribution < -0.4 is 5.32 Å². The summed E-state index contributed by atoms with van der Waals surface area (Å²) in [4.78, 5) is 0. The third-order valence-corrected chi connectivity index (χ3v) is 2.94. The predicted molar refractivity (Wildman–Crippen MR) is 49.6 cm³/mol. The summed E-state index contributed by atoms with van der Waals surface area (Å²) in [5, 5.41) is 3.63. The lowest BCUT2D eigenvalue weighted by atomic mass is 9.87. The Morgan fingerprint density at radius 3 is 2.45 bits per heavy atom. The Morgan fingerprint density at radius 2 is 2.09 bits per heavy atom. The monoisotopic (exact) mass is 155 g/mol. The minimum atomic E-state index is 0.743. The second-order valence-electron chi connectivity index (χ2n) is 4.23. The van der Waals surface area contributed by atoms with E-state index in [9.17, 15) is 0 Å². The average Bonchev–Trinajstić information content (AvgIpc) is 2.30. The fraction of sp³-hybridized carbons (Fsp3) is 1.00. The summed E-state index contributed by atoms with van der Waals surface area (Å²) in [6.45, 7) is 9.26. The highest BCUT2D eigenvalue weighted by molar-refractivity contribution is 4.88. The zero-order valence-electron chi connectivity index (χ0n) is 8.22. The van der Waals surface area contributed by atoms with Crippen LogP contribution in [0.4, 0.5) is 0 Å². The number of hydrogen-bond acceptors (Lipinski definition) is 1. The molecule has 1 saturated heterocycles. The molecular formula is C10H21N. The zero-order valence-corrected chi connectivity index (χ0v) is 8.22. The van der Waals surface area contributed by atoms with Gasteiger partial charge in [-0.15, -0.1) is 0 Å². The predicted octanol–water partition coefficient (Wildman–Crippen LogP) is 2.42. The van der Waals surface area contributed by atoms with E-state index < -0.39 is 0 Å². The normalized spacial score (nSPS) is 38.5. The molecular weight excluding hydrogens is 134 g/mol. The lowest BCUT2D eigenvalue weighted by Crippen LogP contribution is -2.30. The standard InChI is InChI=1S/C10H21N/c1-5-10-9(7(2)3)6-8(4)11-10/h7-11H,5-6H2,1-4H3. The van der Waals surface area contributed by atoms with E-state index in [0.29, 0.717) is 0 Å². The first-order valence-electron chi connectivity index (χ1n) is 4.91. The number of hydrogen-bond donors (Lipinski definition) is 1. The van der Waals surface area contributed by atoms with Crippen molar-refractivity contribution in [3.63, 3.8) is 0 Å². The van der Waals surface area contributed by atoms with E-state index in [4.69, 9.17) is 0 Å². The minimum absolute atomic E-state index is 0.743. The maximum atomic E-state index is 3.63. The van der Waals surface area contributed by atoms with Crippen LogP contribution in [0.25, 0.3) is 0 Å². The molecule has 0 amide bonds. The van der Waals surface area contributed by atoms with Crippen LogP contribution in [0.5, 0.6) is 0 Å². The first-order valence-corrected chi connectivity index (χ1v) is 4.91. The van der Waals surface area contributed by atoms with Gasteiger partial charge in [0.2, 0.25) is 0 Å². The van der Waals surface area contributed by atoms with Gasteiger partial charge in [-0.05, 0) is 31.6 Å². The second kappa shape index (κ2) is 3.57. The Kier molecular flexibility index (Phi) is 2.94. The third-order valence-electron chi connectivity index (χ3n) is 2.94. The van der Waals surface area contributed by atoms with Crippen molar-refractivity contribution in [2.24, 2.45) is 11.8 Å². The van der Waals surface area contributed by atoms with Gasteiger partial charge < -0.3 is 5.32 Å². The highest BCUT2D eigenvalue weighted by atomic mass is 15.0. The van der Waals surface area contributed by atoms with Crippen LogP contribution in [0, 0.1) is 11.8 Å². The van der Waals surface area contributed by atoms with Gasteiger partial charge >= 0.3 is 0 Å². The van der Waals surface area contributed by atoms with Crippen molar-refractivity contribution >= 4 is 0 Å². The van der Waals surface area contributed by atoms with Gasteiger partial charge in [0.1, 0.15) is 0 Å². The molecule has 11 heavy (non-hydrogen) atoms. The van der Waals surface area contributed by atoms with Crippen molar-refractivity contribution in [1.82, 2.24) is 5.32 Å². The van der Waals surface area contributed by atoms with Gasteiger partial charge in [0, 0.05) is 12.1 Å².